The van der Waals surface area contributed by atoms with Crippen molar-refractivity contribution in [3.8, 4) is 0 Å². The van der Waals surface area contributed by atoms with Gasteiger partial charge in [-0.3, -0.25) is 4.79 Å². The molecule has 1 saturated carbocycles. The Labute approximate surface area is 81.1 Å². The topological polar surface area (TPSA) is 29.1 Å². The number of nitrogens with one attached hydrogen (secondary N) is 1. The van der Waals surface area contributed by atoms with Crippen LogP contribution in [0.15, 0.2) is 0 Å². The van der Waals surface area contributed by atoms with Crippen LogP contribution in [0, 0.1) is 5.41 Å². The Bertz CT molecular complexity index is 161. The predicted octanol–water partition coefficient (Wildman–Crippen LogP) is 2.48. The maximum absolute atomic E-state index is 10.3. The van der Waals surface area contributed by atoms with Crippen molar-refractivity contribution in [2.45, 2.75) is 58.4 Å². The van der Waals surface area contributed by atoms with E-state index in [1.54, 1.807) is 0 Å². The second-order valence-corrected chi connectivity index (χ2v) is 4.76. The van der Waals surface area contributed by atoms with Crippen molar-refractivity contribution in [2.24, 2.45) is 5.41 Å². The molecule has 0 saturated heterocycles. The number of hydrogen-bond donors (Lipinski definition) is 1. The Morgan fingerprint density at radius 1 is 1.38 bits per heavy atom. The van der Waals surface area contributed by atoms with Crippen LogP contribution >= 0.6 is 0 Å². The van der Waals surface area contributed by atoms with Gasteiger partial charge in [-0.15, -0.1) is 0 Å². The molecule has 0 radical (unpaired) electrons. The smallest absolute Gasteiger partial charge is 0.207 e. The van der Waals surface area contributed by atoms with Crippen molar-refractivity contribution >= 4 is 6.41 Å². The Morgan fingerprint density at radius 2 is 2.00 bits per heavy atom. The summed E-state index contributed by atoms with van der Waals surface area (Å²) >= 11 is 0. The number of hydrogen-bond acceptors (Lipinski definition) is 1. The van der Waals surface area contributed by atoms with Crippen LogP contribution in [0.25, 0.3) is 0 Å². The van der Waals surface area contributed by atoms with E-state index in [2.05, 4.69) is 19.2 Å². The van der Waals surface area contributed by atoms with Gasteiger partial charge in [0.25, 0.3) is 0 Å². The molecule has 1 N–H and O–H groups in total. The Hall–Kier alpha value is -0.530. The van der Waals surface area contributed by atoms with Gasteiger partial charge in [-0.2, -0.15) is 0 Å². The summed E-state index contributed by atoms with van der Waals surface area (Å²) in [5.74, 6) is 0. The molecule has 1 atom stereocenters. The van der Waals surface area contributed by atoms with Gasteiger partial charge >= 0.3 is 0 Å². The van der Waals surface area contributed by atoms with E-state index < -0.39 is 0 Å². The SMILES string of the molecule is CC(CC1(C)CCCCC1)NC=O. The molecule has 0 heterocycles. The molecule has 0 spiro atoms. The van der Waals surface area contributed by atoms with E-state index in [-0.39, 0.29) is 0 Å². The molecule has 0 aromatic heterocycles. The van der Waals surface area contributed by atoms with Crippen molar-refractivity contribution in [3.05, 3.63) is 0 Å². The van der Waals surface area contributed by atoms with Crippen LogP contribution in [0.3, 0.4) is 0 Å². The highest BCUT2D eigenvalue weighted by molar-refractivity contribution is 5.46. The van der Waals surface area contributed by atoms with Gasteiger partial charge in [-0.1, -0.05) is 26.2 Å². The highest BCUT2D eigenvalue weighted by atomic mass is 16.1. The fourth-order valence-electron chi connectivity index (χ4n) is 2.52. The lowest BCUT2D eigenvalue weighted by molar-refractivity contribution is -0.110. The zero-order valence-corrected chi connectivity index (χ0v) is 8.81. The summed E-state index contributed by atoms with van der Waals surface area (Å²) in [6, 6.07) is 0.334. The van der Waals surface area contributed by atoms with Crippen LogP contribution in [0.1, 0.15) is 52.4 Å². The normalized spacial score (nSPS) is 23.5. The Kier molecular flexibility index (Phi) is 3.76. The van der Waals surface area contributed by atoms with Gasteiger partial charge in [0.15, 0.2) is 0 Å². The van der Waals surface area contributed by atoms with Gasteiger partial charge in [-0.25, -0.2) is 0 Å². The third-order valence-corrected chi connectivity index (χ3v) is 3.21. The molecule has 1 aliphatic carbocycles. The number of rotatable bonds is 4. The van der Waals surface area contributed by atoms with Gasteiger partial charge in [0.1, 0.15) is 0 Å². The van der Waals surface area contributed by atoms with E-state index in [1.165, 1.54) is 32.1 Å². The number of amides is 1. The first-order valence-electron chi connectivity index (χ1n) is 5.36. The molecule has 0 aromatic carbocycles. The fourth-order valence-corrected chi connectivity index (χ4v) is 2.52. The lowest BCUT2D eigenvalue weighted by Gasteiger charge is -2.35. The lowest BCUT2D eigenvalue weighted by Crippen LogP contribution is -2.32. The van der Waals surface area contributed by atoms with E-state index in [0.717, 1.165) is 12.8 Å². The first-order valence-corrected chi connectivity index (χ1v) is 5.36. The molecule has 2 nitrogen and oxygen atoms in total. The van der Waals surface area contributed by atoms with Gasteiger partial charge in [0, 0.05) is 6.04 Å². The highest BCUT2D eigenvalue weighted by Crippen LogP contribution is 2.39. The van der Waals surface area contributed by atoms with E-state index in [4.69, 9.17) is 0 Å². The van der Waals surface area contributed by atoms with Crippen LogP contribution < -0.4 is 5.32 Å². The summed E-state index contributed by atoms with van der Waals surface area (Å²) in [5, 5.41) is 2.84. The fraction of sp³-hybridized carbons (Fsp3) is 0.909. The van der Waals surface area contributed by atoms with E-state index in [9.17, 15) is 4.79 Å². The molecular weight excluding hydrogens is 162 g/mol. The standard InChI is InChI=1S/C11H21NO/c1-10(12-9-13)8-11(2)6-4-3-5-7-11/h9-10H,3-8H2,1-2H3,(H,12,13). The Morgan fingerprint density at radius 3 is 2.54 bits per heavy atom. The molecule has 13 heavy (non-hydrogen) atoms. The molecular formula is C11H21NO. The average Bonchev–Trinajstić information content (AvgIpc) is 2.04. The summed E-state index contributed by atoms with van der Waals surface area (Å²) in [6.07, 6.45) is 8.73. The van der Waals surface area contributed by atoms with Gasteiger partial charge in [-0.05, 0) is 31.6 Å². The Balaban J connectivity index is 2.35. The van der Waals surface area contributed by atoms with Gasteiger partial charge in [0.2, 0.25) is 6.41 Å². The molecule has 1 aliphatic rings. The van der Waals surface area contributed by atoms with Crippen LogP contribution in [0.5, 0.6) is 0 Å². The molecule has 1 amide bonds. The van der Waals surface area contributed by atoms with Crippen molar-refractivity contribution in [1.82, 2.24) is 5.32 Å². The third-order valence-electron chi connectivity index (χ3n) is 3.21. The van der Waals surface area contributed by atoms with Crippen molar-refractivity contribution in [3.63, 3.8) is 0 Å². The van der Waals surface area contributed by atoms with Crippen LogP contribution in [0.2, 0.25) is 0 Å². The van der Waals surface area contributed by atoms with Crippen molar-refractivity contribution in [2.75, 3.05) is 0 Å². The minimum absolute atomic E-state index is 0.334. The predicted molar refractivity (Wildman–Crippen MR) is 54.5 cm³/mol. The first kappa shape index (κ1) is 10.6. The second kappa shape index (κ2) is 4.64. The summed E-state index contributed by atoms with van der Waals surface area (Å²) in [7, 11) is 0. The quantitative estimate of drug-likeness (QED) is 0.666. The monoisotopic (exact) mass is 183 g/mol. The summed E-state index contributed by atoms with van der Waals surface area (Å²) in [5.41, 5.74) is 0.480. The minimum atomic E-state index is 0.334. The molecule has 1 rings (SSSR count). The minimum Gasteiger partial charge on any atom is -0.356 e. The third kappa shape index (κ3) is 3.37. The average molecular weight is 183 g/mol. The van der Waals surface area contributed by atoms with Gasteiger partial charge < -0.3 is 5.32 Å². The molecule has 1 unspecified atom stereocenters. The zero-order valence-electron chi connectivity index (χ0n) is 8.81. The second-order valence-electron chi connectivity index (χ2n) is 4.76. The molecule has 0 aromatic rings. The first-order chi connectivity index (χ1) is 6.16. The van der Waals surface area contributed by atoms with E-state index >= 15 is 0 Å². The van der Waals surface area contributed by atoms with Crippen molar-refractivity contribution < 1.29 is 4.79 Å². The summed E-state index contributed by atoms with van der Waals surface area (Å²) < 4.78 is 0. The maximum atomic E-state index is 10.3. The number of carbonyl (C=O) groups is 1. The summed E-state index contributed by atoms with van der Waals surface area (Å²) in [6.45, 7) is 4.45. The maximum Gasteiger partial charge on any atom is 0.207 e. The van der Waals surface area contributed by atoms with Crippen LogP contribution in [-0.2, 0) is 4.79 Å². The lowest BCUT2D eigenvalue weighted by atomic mass is 9.72. The molecule has 2 heteroatoms. The summed E-state index contributed by atoms with van der Waals surface area (Å²) in [4.78, 5) is 10.3. The van der Waals surface area contributed by atoms with E-state index in [0.29, 0.717) is 11.5 Å². The molecule has 1 fully saturated rings. The molecule has 0 bridgehead atoms. The van der Waals surface area contributed by atoms with E-state index in [1.807, 2.05) is 0 Å². The number of carbonyl (C=O) groups excluding carboxylic acids is 1. The van der Waals surface area contributed by atoms with Crippen LogP contribution in [-0.4, -0.2) is 12.5 Å². The largest absolute Gasteiger partial charge is 0.356 e. The van der Waals surface area contributed by atoms with Gasteiger partial charge in [0.05, 0.1) is 0 Å². The highest BCUT2D eigenvalue weighted by Gasteiger charge is 2.28. The van der Waals surface area contributed by atoms with Crippen molar-refractivity contribution in [1.29, 1.82) is 0 Å². The van der Waals surface area contributed by atoms with Crippen LogP contribution in [0.4, 0.5) is 0 Å². The zero-order chi connectivity index (χ0) is 9.73. The molecule has 76 valence electrons. The molecule has 0 aliphatic heterocycles.